The Kier molecular flexibility index (Phi) is 4.50. The Bertz CT molecular complexity index is 788. The first-order chi connectivity index (χ1) is 11.9. The van der Waals surface area contributed by atoms with Gasteiger partial charge in [-0.25, -0.2) is 4.39 Å². The van der Waals surface area contributed by atoms with E-state index in [2.05, 4.69) is 31.4 Å². The van der Waals surface area contributed by atoms with Crippen LogP contribution in [0.1, 0.15) is 54.9 Å². The van der Waals surface area contributed by atoms with Gasteiger partial charge in [-0.1, -0.05) is 20.8 Å². The number of hydrogen-bond donors (Lipinski definition) is 2. The summed E-state index contributed by atoms with van der Waals surface area (Å²) >= 11 is 0. The minimum absolute atomic E-state index is 0.199. The summed E-state index contributed by atoms with van der Waals surface area (Å²) in [4.78, 5) is 17.4. The van der Waals surface area contributed by atoms with Crippen molar-refractivity contribution in [2.75, 3.05) is 12.4 Å². The monoisotopic (exact) mass is 341 g/mol. The maximum atomic E-state index is 13.1. The zero-order valence-electron chi connectivity index (χ0n) is 15.1. The van der Waals surface area contributed by atoms with E-state index < -0.39 is 5.54 Å². The lowest BCUT2D eigenvalue weighted by molar-refractivity contribution is 0.0926. The van der Waals surface area contributed by atoms with Crippen LogP contribution in [-0.2, 0) is 5.54 Å². The van der Waals surface area contributed by atoms with Gasteiger partial charge in [-0.3, -0.25) is 9.78 Å². The number of nitrogens with one attached hydrogen (secondary N) is 2. The summed E-state index contributed by atoms with van der Waals surface area (Å²) in [6, 6.07) is 9.61. The number of halogens is 1. The maximum absolute atomic E-state index is 13.1. The minimum atomic E-state index is -0.443. The summed E-state index contributed by atoms with van der Waals surface area (Å²) in [6.07, 6.45) is 0.851. The van der Waals surface area contributed by atoms with Gasteiger partial charge in [0.15, 0.2) is 0 Å². The van der Waals surface area contributed by atoms with Crippen LogP contribution in [0.3, 0.4) is 0 Å². The molecule has 1 saturated carbocycles. The van der Waals surface area contributed by atoms with E-state index in [1.807, 2.05) is 19.2 Å². The lowest BCUT2D eigenvalue weighted by atomic mass is 10.0. The van der Waals surface area contributed by atoms with Gasteiger partial charge in [0, 0.05) is 12.6 Å². The molecule has 5 heteroatoms. The molecule has 3 rings (SSSR count). The number of rotatable bonds is 5. The van der Waals surface area contributed by atoms with E-state index in [0.717, 1.165) is 23.5 Å². The number of pyridine rings is 1. The molecule has 2 N–H and O–H groups in total. The van der Waals surface area contributed by atoms with Gasteiger partial charge in [-0.05, 0) is 54.7 Å². The number of carbonyl (C=O) groups is 1. The van der Waals surface area contributed by atoms with Gasteiger partial charge in [-0.2, -0.15) is 0 Å². The highest BCUT2D eigenvalue weighted by Crippen LogP contribution is 2.51. The van der Waals surface area contributed by atoms with Crippen molar-refractivity contribution in [3.8, 4) is 0 Å². The lowest BCUT2D eigenvalue weighted by Gasteiger charge is -2.21. The average molecular weight is 341 g/mol. The largest absolute Gasteiger partial charge is 0.387 e. The third kappa shape index (κ3) is 3.23. The fourth-order valence-corrected chi connectivity index (χ4v) is 3.27. The molecule has 1 aromatic heterocycles. The molecule has 1 fully saturated rings. The number of nitrogens with zero attached hydrogens (tertiary/aromatic N) is 1. The van der Waals surface area contributed by atoms with Crippen molar-refractivity contribution >= 4 is 11.6 Å². The van der Waals surface area contributed by atoms with Crippen LogP contribution in [0.25, 0.3) is 0 Å². The topological polar surface area (TPSA) is 54.0 Å². The van der Waals surface area contributed by atoms with Crippen LogP contribution in [-0.4, -0.2) is 17.9 Å². The van der Waals surface area contributed by atoms with Crippen molar-refractivity contribution in [2.24, 2.45) is 5.92 Å². The first kappa shape index (κ1) is 17.4. The number of hydrogen-bond acceptors (Lipinski definition) is 3. The molecule has 0 aliphatic heterocycles. The Morgan fingerprint density at radius 2 is 1.88 bits per heavy atom. The zero-order chi connectivity index (χ0) is 18.2. The third-order valence-corrected chi connectivity index (χ3v) is 4.95. The predicted octanol–water partition coefficient (Wildman–Crippen LogP) is 4.05. The first-order valence-electron chi connectivity index (χ1n) is 8.64. The van der Waals surface area contributed by atoms with Crippen LogP contribution in [0.5, 0.6) is 0 Å². The molecule has 132 valence electrons. The molecule has 2 aromatic rings. The molecule has 1 aliphatic carbocycles. The maximum Gasteiger partial charge on any atom is 0.252 e. The molecule has 1 amide bonds. The molecule has 25 heavy (non-hydrogen) atoms. The second-order valence-corrected chi connectivity index (χ2v) is 7.07. The van der Waals surface area contributed by atoms with Crippen molar-refractivity contribution in [3.63, 3.8) is 0 Å². The molecular weight excluding hydrogens is 317 g/mol. The van der Waals surface area contributed by atoms with Gasteiger partial charge < -0.3 is 10.6 Å². The highest BCUT2D eigenvalue weighted by atomic mass is 19.1. The van der Waals surface area contributed by atoms with E-state index in [4.69, 9.17) is 4.98 Å². The van der Waals surface area contributed by atoms with E-state index in [-0.39, 0.29) is 17.6 Å². The number of carbonyl (C=O) groups excluding carboxylic acids is 1. The molecule has 0 saturated heterocycles. The van der Waals surface area contributed by atoms with Crippen LogP contribution in [0.2, 0.25) is 0 Å². The van der Waals surface area contributed by atoms with Crippen LogP contribution in [0, 0.1) is 11.7 Å². The molecule has 1 aromatic carbocycles. The Balaban J connectivity index is 1.90. The van der Waals surface area contributed by atoms with E-state index in [1.165, 1.54) is 24.3 Å². The summed E-state index contributed by atoms with van der Waals surface area (Å²) in [7, 11) is 1.88. The minimum Gasteiger partial charge on any atom is -0.387 e. The standard InChI is InChI=1S/C20H24FN3O/c1-12(2)18-16(22-4)9-10-17(23-18)20(11-13(20)3)24-19(25)14-5-7-15(21)8-6-14/h5-10,12-13,22H,11H2,1-4H3,(H,24,25)/t13-,20-/m0/s1. The van der Waals surface area contributed by atoms with Gasteiger partial charge in [0.1, 0.15) is 5.82 Å². The smallest absolute Gasteiger partial charge is 0.252 e. The molecule has 1 aliphatic rings. The zero-order valence-corrected chi connectivity index (χ0v) is 15.1. The lowest BCUT2D eigenvalue weighted by Crippen LogP contribution is -2.37. The summed E-state index contributed by atoms with van der Waals surface area (Å²) in [5, 5.41) is 6.30. The number of anilines is 1. The molecule has 2 atom stereocenters. The second-order valence-electron chi connectivity index (χ2n) is 7.07. The fourth-order valence-electron chi connectivity index (χ4n) is 3.27. The van der Waals surface area contributed by atoms with Crippen molar-refractivity contribution in [1.82, 2.24) is 10.3 Å². The summed E-state index contributed by atoms with van der Waals surface area (Å²) in [5.74, 6) is 0.0399. The van der Waals surface area contributed by atoms with Crippen LogP contribution < -0.4 is 10.6 Å². The second kappa shape index (κ2) is 6.47. The molecule has 0 radical (unpaired) electrons. The summed E-state index contributed by atoms with van der Waals surface area (Å²) in [5.41, 5.74) is 2.90. The number of amides is 1. The van der Waals surface area contributed by atoms with Crippen LogP contribution in [0.4, 0.5) is 10.1 Å². The highest BCUT2D eigenvalue weighted by Gasteiger charge is 2.55. The summed E-state index contributed by atoms with van der Waals surface area (Å²) in [6.45, 7) is 6.31. The first-order valence-corrected chi connectivity index (χ1v) is 8.64. The van der Waals surface area contributed by atoms with Gasteiger partial charge in [0.05, 0.1) is 22.6 Å². The SMILES string of the molecule is CNc1ccc([C@]2(NC(=O)c3ccc(F)cc3)C[C@@H]2C)nc1C(C)C. The van der Waals surface area contributed by atoms with Crippen molar-refractivity contribution < 1.29 is 9.18 Å². The molecule has 4 nitrogen and oxygen atoms in total. The Morgan fingerprint density at radius 1 is 1.24 bits per heavy atom. The van der Waals surface area contributed by atoms with E-state index in [1.54, 1.807) is 0 Å². The van der Waals surface area contributed by atoms with Gasteiger partial charge in [-0.15, -0.1) is 0 Å². The van der Waals surface area contributed by atoms with E-state index in [9.17, 15) is 9.18 Å². The van der Waals surface area contributed by atoms with Gasteiger partial charge in [0.2, 0.25) is 0 Å². The van der Waals surface area contributed by atoms with Crippen molar-refractivity contribution in [2.45, 2.75) is 38.6 Å². The van der Waals surface area contributed by atoms with Crippen LogP contribution >= 0.6 is 0 Å². The van der Waals surface area contributed by atoms with Crippen LogP contribution in [0.15, 0.2) is 36.4 Å². The van der Waals surface area contributed by atoms with Gasteiger partial charge >= 0.3 is 0 Å². The van der Waals surface area contributed by atoms with Gasteiger partial charge in [0.25, 0.3) is 5.91 Å². The van der Waals surface area contributed by atoms with E-state index >= 15 is 0 Å². The highest BCUT2D eigenvalue weighted by molar-refractivity contribution is 5.95. The molecule has 0 bridgehead atoms. The quantitative estimate of drug-likeness (QED) is 0.862. The Hall–Kier alpha value is -2.43. The molecule has 0 unspecified atom stereocenters. The molecule has 0 spiro atoms. The number of aromatic nitrogens is 1. The fraction of sp³-hybridized carbons (Fsp3) is 0.400. The normalized spacial score (nSPS) is 21.9. The van der Waals surface area contributed by atoms with E-state index in [0.29, 0.717) is 11.5 Å². The number of benzene rings is 1. The molecular formula is C20H24FN3O. The Morgan fingerprint density at radius 3 is 2.40 bits per heavy atom. The summed E-state index contributed by atoms with van der Waals surface area (Å²) < 4.78 is 13.1. The third-order valence-electron chi connectivity index (χ3n) is 4.95. The predicted molar refractivity (Wildman–Crippen MR) is 97.2 cm³/mol. The Labute approximate surface area is 147 Å². The molecule has 1 heterocycles. The van der Waals surface area contributed by atoms with Crippen molar-refractivity contribution in [1.29, 1.82) is 0 Å². The van der Waals surface area contributed by atoms with Crippen molar-refractivity contribution in [3.05, 3.63) is 59.2 Å². The average Bonchev–Trinajstić information content (AvgIpc) is 3.25.